The van der Waals surface area contributed by atoms with Crippen molar-refractivity contribution in [3.8, 4) is 12.1 Å². The predicted molar refractivity (Wildman–Crippen MR) is 190 cm³/mol. The molecule has 15 heteroatoms. The van der Waals surface area contributed by atoms with Crippen LogP contribution in [-0.4, -0.2) is 188 Å². The Balaban J connectivity index is -0.000000556. The summed E-state index contributed by atoms with van der Waals surface area (Å²) in [6.45, 7) is 30.2. The molecule has 0 aliphatic carbocycles. The van der Waals surface area contributed by atoms with E-state index in [4.69, 9.17) is 45.9 Å². The van der Waals surface area contributed by atoms with Gasteiger partial charge in [0.25, 0.3) is 6.67 Å². The summed E-state index contributed by atoms with van der Waals surface area (Å²) < 4.78 is 0. The predicted octanol–water partition coefficient (Wildman–Crippen LogP) is -1.42. The molecule has 3 saturated heterocycles. The molecule has 0 amide bonds. The van der Waals surface area contributed by atoms with E-state index >= 15 is 0 Å². The number of piperazine rings is 3. The van der Waals surface area contributed by atoms with Crippen LogP contribution in [0.25, 0.3) is 4.85 Å². The summed E-state index contributed by atoms with van der Waals surface area (Å²) >= 11 is 4.82. The molecule has 0 bridgehead atoms. The highest BCUT2D eigenvalue weighted by Gasteiger charge is 2.16. The molecule has 264 valence electrons. The Morgan fingerprint density at radius 3 is 1.47 bits per heavy atom. The van der Waals surface area contributed by atoms with Gasteiger partial charge in [-0.15, -0.1) is 11.6 Å². The van der Waals surface area contributed by atoms with E-state index in [-0.39, 0.29) is 20.7 Å². The van der Waals surface area contributed by atoms with E-state index in [9.17, 15) is 0 Å². The molecule has 0 aromatic heterocycles. The van der Waals surface area contributed by atoms with Crippen LogP contribution >= 0.6 is 11.6 Å². The van der Waals surface area contributed by atoms with Gasteiger partial charge in [0.15, 0.2) is 0 Å². The zero-order valence-corrected chi connectivity index (χ0v) is 27.1. The molecule has 0 spiro atoms. The van der Waals surface area contributed by atoms with Gasteiger partial charge in [0.2, 0.25) is 0 Å². The molecule has 3 aliphatic heterocycles. The fourth-order valence-electron chi connectivity index (χ4n) is 4.64. The number of halogens is 1. The fourth-order valence-corrected chi connectivity index (χ4v) is 4.64. The van der Waals surface area contributed by atoms with Crippen LogP contribution in [0.15, 0.2) is 0 Å². The molecule has 45 heavy (non-hydrogen) atoms. The molecular weight excluding hydrogens is 592 g/mol. The van der Waals surface area contributed by atoms with Gasteiger partial charge >= 0.3 is 0 Å². The maximum atomic E-state index is 8.54. The normalized spacial score (nSPS) is 17.5. The van der Waals surface area contributed by atoms with Crippen LogP contribution < -0.4 is 33.2 Å². The van der Waals surface area contributed by atoms with Crippen LogP contribution in [0.4, 0.5) is 0 Å². The Bertz CT molecular complexity index is 711. The Morgan fingerprint density at radius 1 is 0.644 bits per heavy atom. The highest BCUT2D eigenvalue weighted by atomic mass is 35.5. The summed E-state index contributed by atoms with van der Waals surface area (Å²) in [4.78, 5) is 15.1. The van der Waals surface area contributed by atoms with Crippen LogP contribution in [-0.2, 0) is 0 Å². The Morgan fingerprint density at radius 2 is 1.07 bits per heavy atom. The number of rotatable bonds is 14. The lowest BCUT2D eigenvalue weighted by atomic mass is 10.3. The van der Waals surface area contributed by atoms with E-state index < -0.39 is 0 Å². The van der Waals surface area contributed by atoms with Gasteiger partial charge in [0.05, 0.1) is 18.7 Å². The molecular formula is C30H67ClN14. The van der Waals surface area contributed by atoms with Crippen molar-refractivity contribution in [3.63, 3.8) is 0 Å². The average Bonchev–Trinajstić information content (AvgIpc) is 3.05. The smallest absolute Gasteiger partial charge is 0.268 e. The number of nitrogens with two attached hydrogens (primary N) is 3. The minimum atomic E-state index is 0. The summed E-state index contributed by atoms with van der Waals surface area (Å²) in [5.74, 6) is 0.0972. The van der Waals surface area contributed by atoms with E-state index in [1.165, 1.54) is 13.1 Å². The fraction of sp³-hybridized carbons (Fsp3) is 0.900. The van der Waals surface area contributed by atoms with E-state index in [1.807, 2.05) is 0 Å². The van der Waals surface area contributed by atoms with Gasteiger partial charge in [-0.05, 0) is 0 Å². The van der Waals surface area contributed by atoms with Crippen LogP contribution in [0, 0.1) is 29.2 Å². The van der Waals surface area contributed by atoms with E-state index in [1.54, 1.807) is 6.07 Å². The van der Waals surface area contributed by atoms with Gasteiger partial charge in [-0.2, -0.15) is 10.5 Å². The van der Waals surface area contributed by atoms with E-state index in [0.717, 1.165) is 131 Å². The van der Waals surface area contributed by atoms with Crippen molar-refractivity contribution in [3.05, 3.63) is 11.4 Å². The largest absolute Gasteiger partial charge is 0.329 e. The Labute approximate surface area is 280 Å². The second-order valence-electron chi connectivity index (χ2n) is 10.3. The first-order valence-electron chi connectivity index (χ1n) is 15.6. The van der Waals surface area contributed by atoms with Crippen LogP contribution in [0.2, 0.25) is 0 Å². The molecule has 0 aromatic rings. The van der Waals surface area contributed by atoms with Gasteiger partial charge in [-0.3, -0.25) is 29.3 Å². The van der Waals surface area contributed by atoms with Gasteiger partial charge in [0.1, 0.15) is 5.88 Å². The third-order valence-corrected chi connectivity index (χ3v) is 7.23. The van der Waals surface area contributed by atoms with Crippen LogP contribution in [0.3, 0.4) is 0 Å². The van der Waals surface area contributed by atoms with Gasteiger partial charge in [-0.25, -0.2) is 11.9 Å². The summed E-state index contributed by atoms with van der Waals surface area (Å²) in [7, 11) is 0. The quantitative estimate of drug-likeness (QED) is 0.0554. The molecule has 14 nitrogen and oxygen atoms in total. The lowest BCUT2D eigenvalue weighted by Gasteiger charge is -2.34. The van der Waals surface area contributed by atoms with Crippen molar-refractivity contribution in [1.82, 2.24) is 40.4 Å². The number of hydrogen-bond acceptors (Lipinski definition) is 13. The Kier molecular flexibility index (Phi) is 39.0. The molecule has 0 aromatic carbocycles. The van der Waals surface area contributed by atoms with Crippen molar-refractivity contribution in [1.29, 1.82) is 10.5 Å². The standard InChI is InChI=1S/C10H17N5.C10H25N5.C6H15N3.C2H2ClN.2CH4/c1-12-10-13-3-5-15-8-6-14(4-2-11)7-9-15;11-1-3-13-4-6-15-9-7-14(5-2-12)8-10-15;7-1-4-9-5-2-8-3-6-9;3-1-2-4;;/h13H,3-10H2;13H,1-12H2;8H,1-7H2;1H2;2*1H4. The van der Waals surface area contributed by atoms with Gasteiger partial charge < -0.3 is 27.8 Å². The topological polar surface area (TPSA) is 182 Å². The number of alkyl halides is 1. The highest BCUT2D eigenvalue weighted by Crippen LogP contribution is 2.00. The van der Waals surface area contributed by atoms with Gasteiger partial charge in [0, 0.05) is 144 Å². The molecule has 9 N–H and O–H groups in total. The molecule has 3 aliphatic rings. The van der Waals surface area contributed by atoms with Crippen LogP contribution in [0.5, 0.6) is 0 Å². The second kappa shape index (κ2) is 36.8. The highest BCUT2D eigenvalue weighted by molar-refractivity contribution is 6.19. The first-order valence-corrected chi connectivity index (χ1v) is 16.1. The monoisotopic (exact) mass is 659 g/mol. The SMILES string of the molecule is C.C.N#CCCl.NCCN1CCNCC1.NCCNCCN1CCN(CCN)CC1.[C-]#[N+]CNCCN1CCN(CC#N)CC1. The summed E-state index contributed by atoms with van der Waals surface area (Å²) in [6, 6.07) is 3.87. The minimum absolute atomic E-state index is 0. The maximum Gasteiger partial charge on any atom is 0.268 e. The molecule has 3 fully saturated rings. The average molecular weight is 659 g/mol. The summed E-state index contributed by atoms with van der Waals surface area (Å²) in [5.41, 5.74) is 16.3. The molecule has 0 unspecified atom stereocenters. The first-order chi connectivity index (χ1) is 21.1. The van der Waals surface area contributed by atoms with Crippen molar-refractivity contribution in [2.24, 2.45) is 17.2 Å². The Hall–Kier alpha value is -1.68. The number of nitrogens with one attached hydrogen (secondary N) is 3. The van der Waals surface area contributed by atoms with Gasteiger partial charge in [-0.1, -0.05) is 14.9 Å². The summed E-state index contributed by atoms with van der Waals surface area (Å²) in [5, 5.41) is 25.7. The molecule has 3 heterocycles. The van der Waals surface area contributed by atoms with Crippen molar-refractivity contribution < 1.29 is 0 Å². The van der Waals surface area contributed by atoms with Crippen LogP contribution in [0.1, 0.15) is 14.9 Å². The number of nitrogens with zero attached hydrogens (tertiary/aromatic N) is 8. The molecule has 0 atom stereocenters. The zero-order valence-electron chi connectivity index (χ0n) is 26.4. The molecule has 3 rings (SSSR count). The minimum Gasteiger partial charge on any atom is -0.329 e. The lowest BCUT2D eigenvalue weighted by Crippen LogP contribution is -2.49. The third kappa shape index (κ3) is 29.5. The number of hydrogen-bond donors (Lipinski definition) is 6. The summed E-state index contributed by atoms with van der Waals surface area (Å²) in [6.07, 6.45) is 0. The molecule has 0 saturated carbocycles. The van der Waals surface area contributed by atoms with Crippen molar-refractivity contribution in [2.75, 3.05) is 163 Å². The third-order valence-electron chi connectivity index (χ3n) is 7.11. The van der Waals surface area contributed by atoms with E-state index in [2.05, 4.69) is 51.4 Å². The number of nitriles is 2. The maximum absolute atomic E-state index is 8.54. The van der Waals surface area contributed by atoms with Crippen molar-refractivity contribution >= 4 is 11.6 Å². The lowest BCUT2D eigenvalue weighted by molar-refractivity contribution is 0.136. The molecule has 0 radical (unpaired) electrons. The van der Waals surface area contributed by atoms with Crippen molar-refractivity contribution in [2.45, 2.75) is 14.9 Å². The van der Waals surface area contributed by atoms with E-state index in [0.29, 0.717) is 13.2 Å². The first kappa shape index (κ1) is 47.7. The zero-order chi connectivity index (χ0) is 31.8. The second-order valence-corrected chi connectivity index (χ2v) is 10.5.